The fraction of sp³-hybridized carbons (Fsp3) is 0.875. The van der Waals surface area contributed by atoms with Gasteiger partial charge in [0, 0.05) is 13.1 Å². The lowest BCUT2D eigenvalue weighted by Crippen LogP contribution is -2.45. The zero-order valence-electron chi connectivity index (χ0n) is 8.32. The van der Waals surface area contributed by atoms with Crippen molar-refractivity contribution in [1.29, 1.82) is 0 Å². The molecule has 0 heterocycles. The second-order valence-electron chi connectivity index (χ2n) is 3.95. The number of carbonyl (C=O) groups is 1. The molecule has 0 rings (SSSR count). The van der Waals surface area contributed by atoms with Crippen molar-refractivity contribution in [3.8, 4) is 0 Å². The Balaban J connectivity index is 3.88. The molecule has 1 atom stereocenters. The monoisotopic (exact) mass is 190 g/mol. The summed E-state index contributed by atoms with van der Waals surface area (Å²) < 4.78 is 0. The summed E-state index contributed by atoms with van der Waals surface area (Å²) in [6.07, 6.45) is 0. The first-order valence-electron chi connectivity index (χ1n) is 4.11. The van der Waals surface area contributed by atoms with Gasteiger partial charge in [-0.25, -0.2) is 0 Å². The quantitative estimate of drug-likeness (QED) is 0.523. The molecule has 0 aliphatic rings. The largest absolute Gasteiger partial charge is 0.480 e. The maximum atomic E-state index is 10.4. The van der Waals surface area contributed by atoms with E-state index in [1.807, 2.05) is 0 Å². The highest BCUT2D eigenvalue weighted by molar-refractivity contribution is 5.73. The van der Waals surface area contributed by atoms with E-state index in [4.69, 9.17) is 10.8 Å². The molecule has 0 aliphatic heterocycles. The van der Waals surface area contributed by atoms with Crippen molar-refractivity contribution in [3.05, 3.63) is 0 Å². The van der Waals surface area contributed by atoms with Gasteiger partial charge in [-0.15, -0.1) is 0 Å². The molecule has 78 valence electrons. The number of rotatable bonds is 5. The summed E-state index contributed by atoms with van der Waals surface area (Å²) in [7, 11) is 1.72. The van der Waals surface area contributed by atoms with Gasteiger partial charge in [0.05, 0.1) is 5.60 Å². The fourth-order valence-electron chi connectivity index (χ4n) is 1.14. The Morgan fingerprint density at radius 1 is 1.62 bits per heavy atom. The summed E-state index contributed by atoms with van der Waals surface area (Å²) in [5, 5.41) is 17.9. The molecule has 0 fully saturated rings. The minimum atomic E-state index is -1.03. The smallest absolute Gasteiger partial charge is 0.321 e. The molecule has 0 saturated heterocycles. The third-order valence-corrected chi connectivity index (χ3v) is 1.48. The highest BCUT2D eigenvalue weighted by Gasteiger charge is 2.19. The van der Waals surface area contributed by atoms with E-state index in [1.54, 1.807) is 25.8 Å². The van der Waals surface area contributed by atoms with Gasteiger partial charge in [0.1, 0.15) is 6.04 Å². The molecule has 0 aromatic rings. The molecular formula is C8H18N2O3. The summed E-state index contributed by atoms with van der Waals surface area (Å²) in [5.74, 6) is -1.03. The Morgan fingerprint density at radius 2 is 2.08 bits per heavy atom. The summed E-state index contributed by atoms with van der Waals surface area (Å²) in [6.45, 7) is 3.96. The average Bonchev–Trinajstić information content (AvgIpc) is 1.81. The Labute approximate surface area is 78.1 Å². The molecule has 5 nitrogen and oxygen atoms in total. The highest BCUT2D eigenvalue weighted by atomic mass is 16.4. The first kappa shape index (κ1) is 12.3. The highest BCUT2D eigenvalue weighted by Crippen LogP contribution is 2.02. The molecule has 0 bridgehead atoms. The fourth-order valence-corrected chi connectivity index (χ4v) is 1.14. The van der Waals surface area contributed by atoms with Gasteiger partial charge in [-0.1, -0.05) is 0 Å². The standard InChI is InChI=1S/C8H18N2O3/c1-8(2,13)5-10(3)4-6(9)7(11)12/h6,13H,4-5,9H2,1-3H3,(H,11,12). The van der Waals surface area contributed by atoms with Crippen LogP contribution in [0.15, 0.2) is 0 Å². The Morgan fingerprint density at radius 3 is 2.38 bits per heavy atom. The first-order valence-corrected chi connectivity index (χ1v) is 4.11. The average molecular weight is 190 g/mol. The van der Waals surface area contributed by atoms with Crippen molar-refractivity contribution in [2.45, 2.75) is 25.5 Å². The minimum absolute atomic E-state index is 0.235. The summed E-state index contributed by atoms with van der Waals surface area (Å²) in [6, 6.07) is -0.896. The number of likely N-dealkylation sites (N-methyl/N-ethyl adjacent to an activating group) is 1. The van der Waals surface area contributed by atoms with Gasteiger partial charge in [0.2, 0.25) is 0 Å². The lowest BCUT2D eigenvalue weighted by molar-refractivity contribution is -0.139. The van der Waals surface area contributed by atoms with E-state index >= 15 is 0 Å². The number of aliphatic carboxylic acids is 1. The number of hydrogen-bond donors (Lipinski definition) is 3. The number of carboxylic acids is 1. The number of carboxylic acid groups (broad SMARTS) is 1. The number of nitrogens with two attached hydrogens (primary N) is 1. The number of hydrogen-bond acceptors (Lipinski definition) is 4. The normalized spacial score (nSPS) is 14.6. The van der Waals surface area contributed by atoms with E-state index in [2.05, 4.69) is 0 Å². The van der Waals surface area contributed by atoms with Crippen LogP contribution >= 0.6 is 0 Å². The topological polar surface area (TPSA) is 86.8 Å². The van der Waals surface area contributed by atoms with Crippen LogP contribution in [0.1, 0.15) is 13.8 Å². The van der Waals surface area contributed by atoms with Crippen LogP contribution in [0, 0.1) is 0 Å². The van der Waals surface area contributed by atoms with Gasteiger partial charge in [0.25, 0.3) is 0 Å². The maximum absolute atomic E-state index is 10.4. The van der Waals surface area contributed by atoms with Crippen molar-refractivity contribution >= 4 is 5.97 Å². The predicted octanol–water partition coefficient (Wildman–Crippen LogP) is -0.899. The molecule has 0 amide bonds. The van der Waals surface area contributed by atoms with Crippen molar-refractivity contribution in [2.24, 2.45) is 5.73 Å². The lowest BCUT2D eigenvalue weighted by atomic mass is 10.1. The van der Waals surface area contributed by atoms with Crippen LogP contribution in [-0.4, -0.2) is 52.9 Å². The van der Waals surface area contributed by atoms with Gasteiger partial charge in [-0.2, -0.15) is 0 Å². The van der Waals surface area contributed by atoms with Gasteiger partial charge in [-0.05, 0) is 20.9 Å². The Hall–Kier alpha value is -0.650. The molecule has 0 spiro atoms. The summed E-state index contributed by atoms with van der Waals surface area (Å²) >= 11 is 0. The van der Waals surface area contributed by atoms with Crippen molar-refractivity contribution in [1.82, 2.24) is 4.90 Å². The van der Waals surface area contributed by atoms with E-state index < -0.39 is 17.6 Å². The molecule has 0 aliphatic carbocycles. The van der Waals surface area contributed by atoms with Gasteiger partial charge in [0.15, 0.2) is 0 Å². The van der Waals surface area contributed by atoms with Gasteiger partial charge in [-0.3, -0.25) is 4.79 Å². The van der Waals surface area contributed by atoms with Crippen molar-refractivity contribution in [3.63, 3.8) is 0 Å². The zero-order valence-corrected chi connectivity index (χ0v) is 8.32. The van der Waals surface area contributed by atoms with Crippen LogP contribution in [0.5, 0.6) is 0 Å². The van der Waals surface area contributed by atoms with Crippen LogP contribution in [0.3, 0.4) is 0 Å². The van der Waals surface area contributed by atoms with Crippen LogP contribution in [0.2, 0.25) is 0 Å². The SMILES string of the molecule is CN(CC(N)C(=O)O)CC(C)(C)O. The molecule has 0 aromatic carbocycles. The molecule has 13 heavy (non-hydrogen) atoms. The second kappa shape index (κ2) is 4.55. The van der Waals surface area contributed by atoms with Crippen molar-refractivity contribution < 1.29 is 15.0 Å². The zero-order chi connectivity index (χ0) is 10.6. The number of nitrogens with zero attached hydrogens (tertiary/aromatic N) is 1. The Bertz CT molecular complexity index is 177. The van der Waals surface area contributed by atoms with E-state index in [0.29, 0.717) is 6.54 Å². The lowest BCUT2D eigenvalue weighted by Gasteiger charge is -2.26. The van der Waals surface area contributed by atoms with Crippen LogP contribution in [0.25, 0.3) is 0 Å². The van der Waals surface area contributed by atoms with Crippen LogP contribution < -0.4 is 5.73 Å². The Kier molecular flexibility index (Phi) is 4.32. The van der Waals surface area contributed by atoms with Crippen LogP contribution in [0.4, 0.5) is 0 Å². The first-order chi connectivity index (χ1) is 5.72. The van der Waals surface area contributed by atoms with Gasteiger partial charge >= 0.3 is 5.97 Å². The maximum Gasteiger partial charge on any atom is 0.321 e. The van der Waals surface area contributed by atoms with E-state index in [9.17, 15) is 9.90 Å². The van der Waals surface area contributed by atoms with E-state index in [-0.39, 0.29) is 6.54 Å². The molecule has 5 heteroatoms. The van der Waals surface area contributed by atoms with E-state index in [1.165, 1.54) is 0 Å². The summed E-state index contributed by atoms with van der Waals surface area (Å²) in [4.78, 5) is 12.1. The summed E-state index contributed by atoms with van der Waals surface area (Å²) in [5.41, 5.74) is 4.49. The van der Waals surface area contributed by atoms with Gasteiger partial charge < -0.3 is 20.8 Å². The van der Waals surface area contributed by atoms with Crippen molar-refractivity contribution in [2.75, 3.05) is 20.1 Å². The molecule has 0 aromatic heterocycles. The molecular weight excluding hydrogens is 172 g/mol. The number of aliphatic hydroxyl groups is 1. The molecule has 4 N–H and O–H groups in total. The van der Waals surface area contributed by atoms with E-state index in [0.717, 1.165) is 0 Å². The minimum Gasteiger partial charge on any atom is -0.480 e. The molecule has 1 unspecified atom stereocenters. The second-order valence-corrected chi connectivity index (χ2v) is 3.95. The predicted molar refractivity (Wildman–Crippen MR) is 49.4 cm³/mol. The third kappa shape index (κ3) is 6.51. The molecule has 0 radical (unpaired) electrons. The molecule has 0 saturated carbocycles. The van der Waals surface area contributed by atoms with Crippen LogP contribution in [-0.2, 0) is 4.79 Å². The third-order valence-electron chi connectivity index (χ3n) is 1.48.